The van der Waals surface area contributed by atoms with E-state index in [1.807, 2.05) is 0 Å². The molecule has 0 bridgehead atoms. The van der Waals surface area contributed by atoms with E-state index in [4.69, 9.17) is 9.47 Å². The third kappa shape index (κ3) is 6.59. The number of anilines is 1. The zero-order chi connectivity index (χ0) is 23.9. The molecule has 0 radical (unpaired) electrons. The molecule has 0 fully saturated rings. The molecule has 2 aromatic rings. The van der Waals surface area contributed by atoms with Crippen molar-refractivity contribution in [3.8, 4) is 5.75 Å². The number of para-hydroxylation sites is 1. The predicted molar refractivity (Wildman–Crippen MR) is 107 cm³/mol. The summed E-state index contributed by atoms with van der Waals surface area (Å²) in [4.78, 5) is 34.2. The first-order valence-electron chi connectivity index (χ1n) is 9.20. The Morgan fingerprint density at radius 3 is 2.50 bits per heavy atom. The highest BCUT2D eigenvalue weighted by atomic mass is 19.4. The lowest BCUT2D eigenvalue weighted by Crippen LogP contribution is -2.33. The van der Waals surface area contributed by atoms with Crippen LogP contribution >= 0.6 is 0 Å². The fourth-order valence-electron chi connectivity index (χ4n) is 2.63. The molecule has 0 aliphatic heterocycles. The van der Waals surface area contributed by atoms with Gasteiger partial charge in [0.25, 0.3) is 11.6 Å². The average Bonchev–Trinajstić information content (AvgIpc) is 2.75. The predicted octanol–water partition coefficient (Wildman–Crippen LogP) is 3.28. The molecule has 0 spiro atoms. The number of amides is 1. The summed E-state index contributed by atoms with van der Waals surface area (Å²) in [5, 5.41) is 16.1. The van der Waals surface area contributed by atoms with Crippen LogP contribution in [0, 0.1) is 10.1 Å². The monoisotopic (exact) mass is 455 g/mol. The zero-order valence-electron chi connectivity index (χ0n) is 17.1. The summed E-state index contributed by atoms with van der Waals surface area (Å²) >= 11 is 0. The number of nitrogens with one attached hydrogen (secondary N) is 2. The number of hydrogen-bond donors (Lipinski definition) is 2. The van der Waals surface area contributed by atoms with Crippen molar-refractivity contribution in [3.63, 3.8) is 0 Å². The lowest BCUT2D eigenvalue weighted by atomic mass is 10.1. The van der Waals surface area contributed by atoms with Crippen molar-refractivity contribution in [3.05, 3.63) is 63.7 Å². The molecule has 2 N–H and O–H groups in total. The Labute approximate surface area is 180 Å². The molecule has 172 valence electrons. The highest BCUT2D eigenvalue weighted by molar-refractivity contribution is 5.84. The largest absolute Gasteiger partial charge is 0.496 e. The SMILES string of the molecule is COc1ccccc1CNC(=O)COC(=O)[C@H](C)Nc1ccc(C(F)(F)F)cc1[N+](=O)[O-]. The van der Waals surface area contributed by atoms with E-state index in [1.54, 1.807) is 24.3 Å². The molecule has 9 nitrogen and oxygen atoms in total. The van der Waals surface area contributed by atoms with Crippen molar-refractivity contribution in [2.24, 2.45) is 0 Å². The van der Waals surface area contributed by atoms with Crippen LogP contribution in [0.5, 0.6) is 5.75 Å². The first kappa shape index (κ1) is 24.4. The van der Waals surface area contributed by atoms with Crippen LogP contribution in [0.2, 0.25) is 0 Å². The number of rotatable bonds is 9. The van der Waals surface area contributed by atoms with E-state index < -0.39 is 46.9 Å². The lowest BCUT2D eigenvalue weighted by molar-refractivity contribution is -0.384. The molecule has 32 heavy (non-hydrogen) atoms. The third-order valence-electron chi connectivity index (χ3n) is 4.26. The maximum absolute atomic E-state index is 12.8. The summed E-state index contributed by atoms with van der Waals surface area (Å²) < 4.78 is 48.4. The van der Waals surface area contributed by atoms with Crippen LogP contribution in [0.4, 0.5) is 24.5 Å². The maximum atomic E-state index is 12.8. The van der Waals surface area contributed by atoms with Gasteiger partial charge in [-0.25, -0.2) is 4.79 Å². The van der Waals surface area contributed by atoms with Gasteiger partial charge in [0.05, 0.1) is 17.6 Å². The number of nitro benzene ring substituents is 1. The molecule has 2 aromatic carbocycles. The molecule has 0 aliphatic rings. The van der Waals surface area contributed by atoms with Crippen LogP contribution in [0.25, 0.3) is 0 Å². The second-order valence-electron chi connectivity index (χ2n) is 6.55. The van der Waals surface area contributed by atoms with E-state index in [9.17, 15) is 32.9 Å². The van der Waals surface area contributed by atoms with Gasteiger partial charge < -0.3 is 20.1 Å². The van der Waals surface area contributed by atoms with Gasteiger partial charge in [-0.15, -0.1) is 0 Å². The minimum atomic E-state index is -4.76. The first-order chi connectivity index (χ1) is 15.0. The molecule has 1 atom stereocenters. The van der Waals surface area contributed by atoms with E-state index >= 15 is 0 Å². The van der Waals surface area contributed by atoms with E-state index in [2.05, 4.69) is 10.6 Å². The highest BCUT2D eigenvalue weighted by Crippen LogP contribution is 2.35. The summed E-state index contributed by atoms with van der Waals surface area (Å²) in [5.74, 6) is -0.954. The lowest BCUT2D eigenvalue weighted by Gasteiger charge is -2.15. The number of benzene rings is 2. The number of hydrogen-bond acceptors (Lipinski definition) is 7. The number of ether oxygens (including phenoxy) is 2. The molecular formula is C20H20F3N3O6. The quantitative estimate of drug-likeness (QED) is 0.338. The Morgan fingerprint density at radius 2 is 1.88 bits per heavy atom. The van der Waals surface area contributed by atoms with Crippen molar-refractivity contribution < 1.29 is 37.2 Å². The molecule has 0 saturated heterocycles. The summed E-state index contributed by atoms with van der Waals surface area (Å²) in [6, 6.07) is 7.69. The molecule has 0 aliphatic carbocycles. The molecule has 0 unspecified atom stereocenters. The molecule has 0 heterocycles. The minimum Gasteiger partial charge on any atom is -0.496 e. The van der Waals surface area contributed by atoms with E-state index in [0.29, 0.717) is 23.4 Å². The van der Waals surface area contributed by atoms with Crippen molar-refractivity contribution in [2.75, 3.05) is 19.0 Å². The van der Waals surface area contributed by atoms with Crippen LogP contribution in [-0.4, -0.2) is 36.6 Å². The Bertz CT molecular complexity index is 997. The van der Waals surface area contributed by atoms with Crippen molar-refractivity contribution in [1.82, 2.24) is 5.32 Å². The van der Waals surface area contributed by atoms with Gasteiger partial charge in [-0.3, -0.25) is 14.9 Å². The van der Waals surface area contributed by atoms with Gasteiger partial charge in [-0.05, 0) is 25.1 Å². The van der Waals surface area contributed by atoms with Crippen LogP contribution in [0.1, 0.15) is 18.1 Å². The summed E-state index contributed by atoms with van der Waals surface area (Å²) in [7, 11) is 1.48. The topological polar surface area (TPSA) is 120 Å². The summed E-state index contributed by atoms with van der Waals surface area (Å²) in [6.07, 6.45) is -4.76. The van der Waals surface area contributed by atoms with E-state index in [1.165, 1.54) is 14.0 Å². The highest BCUT2D eigenvalue weighted by Gasteiger charge is 2.33. The molecular weight excluding hydrogens is 435 g/mol. The van der Waals surface area contributed by atoms with Gasteiger partial charge in [0.15, 0.2) is 6.61 Å². The maximum Gasteiger partial charge on any atom is 0.416 e. The van der Waals surface area contributed by atoms with Crippen LogP contribution in [0.15, 0.2) is 42.5 Å². The Hall–Kier alpha value is -3.83. The number of nitrogens with zero attached hydrogens (tertiary/aromatic N) is 1. The summed E-state index contributed by atoms with van der Waals surface area (Å²) in [6.45, 7) is 0.803. The van der Waals surface area contributed by atoms with Crippen molar-refractivity contribution in [2.45, 2.75) is 25.7 Å². The number of carbonyl (C=O) groups excluding carboxylic acids is 2. The van der Waals surface area contributed by atoms with Gasteiger partial charge >= 0.3 is 12.1 Å². The fourth-order valence-corrected chi connectivity index (χ4v) is 2.63. The van der Waals surface area contributed by atoms with Gasteiger partial charge in [-0.1, -0.05) is 18.2 Å². The Balaban J connectivity index is 1.93. The molecule has 0 aromatic heterocycles. The molecule has 2 rings (SSSR count). The fraction of sp³-hybridized carbons (Fsp3) is 0.300. The second-order valence-corrected chi connectivity index (χ2v) is 6.55. The first-order valence-corrected chi connectivity index (χ1v) is 9.20. The van der Waals surface area contributed by atoms with Gasteiger partial charge in [0, 0.05) is 18.2 Å². The van der Waals surface area contributed by atoms with Crippen LogP contribution in [0.3, 0.4) is 0 Å². The van der Waals surface area contributed by atoms with Crippen LogP contribution in [-0.2, 0) is 27.0 Å². The van der Waals surface area contributed by atoms with E-state index in [0.717, 1.165) is 6.07 Å². The van der Waals surface area contributed by atoms with Crippen molar-refractivity contribution >= 4 is 23.3 Å². The minimum absolute atomic E-state index is 0.131. The Kier molecular flexibility index (Phi) is 7.99. The normalized spacial score (nSPS) is 11.9. The number of esters is 1. The third-order valence-corrected chi connectivity index (χ3v) is 4.26. The van der Waals surface area contributed by atoms with Gasteiger partial charge in [0.1, 0.15) is 17.5 Å². The number of methoxy groups -OCH3 is 1. The van der Waals surface area contributed by atoms with E-state index in [-0.39, 0.29) is 12.2 Å². The molecule has 0 saturated carbocycles. The van der Waals surface area contributed by atoms with Gasteiger partial charge in [-0.2, -0.15) is 13.2 Å². The number of carbonyl (C=O) groups is 2. The van der Waals surface area contributed by atoms with Crippen LogP contribution < -0.4 is 15.4 Å². The number of nitro groups is 1. The van der Waals surface area contributed by atoms with Crippen molar-refractivity contribution in [1.29, 1.82) is 0 Å². The molecule has 12 heteroatoms. The summed E-state index contributed by atoms with van der Waals surface area (Å²) in [5.41, 5.74) is -1.64. The molecule has 1 amide bonds. The standard InChI is InChI=1S/C20H20F3N3O6/c1-12(25-15-8-7-14(20(21,22)23)9-16(15)26(29)30)19(28)32-11-18(27)24-10-13-5-3-4-6-17(13)31-2/h3-9,12,25H,10-11H2,1-2H3,(H,24,27)/t12-/m0/s1. The second kappa shape index (κ2) is 10.5. The smallest absolute Gasteiger partial charge is 0.416 e. The zero-order valence-corrected chi connectivity index (χ0v) is 17.1. The average molecular weight is 455 g/mol. The van der Waals surface area contributed by atoms with Gasteiger partial charge in [0.2, 0.25) is 0 Å². The Morgan fingerprint density at radius 1 is 1.19 bits per heavy atom. The number of alkyl halides is 3. The number of halogens is 3.